The number of aromatic amines is 1. The Kier molecular flexibility index (Phi) is 4.90. The molecule has 2 rings (SSSR count). The summed E-state index contributed by atoms with van der Waals surface area (Å²) in [6, 6.07) is 0. The average molecular weight is 308 g/mol. The largest absolute Gasteiger partial charge is 0.461 e. The number of nitrogens with zero attached hydrogens (tertiary/aromatic N) is 1. The number of morpholine rings is 1. The highest BCUT2D eigenvalue weighted by atomic mass is 16.5. The summed E-state index contributed by atoms with van der Waals surface area (Å²) in [5, 5.41) is 0. The molecule has 6 nitrogen and oxygen atoms in total. The van der Waals surface area contributed by atoms with Gasteiger partial charge in [0.05, 0.1) is 24.4 Å². The van der Waals surface area contributed by atoms with Crippen molar-refractivity contribution in [3.8, 4) is 0 Å². The summed E-state index contributed by atoms with van der Waals surface area (Å²) in [7, 11) is 0. The zero-order chi connectivity index (χ0) is 16.4. The lowest BCUT2D eigenvalue weighted by atomic mass is 10.1. The van der Waals surface area contributed by atoms with Crippen LogP contribution in [0.4, 0.5) is 0 Å². The SMILES string of the molecule is CCOC(=O)c1[nH]c(C)c(C(=O)N2C[C@H](C)O[C@@H](C)C2)c1C. The van der Waals surface area contributed by atoms with Crippen molar-refractivity contribution in [2.75, 3.05) is 19.7 Å². The molecule has 6 heteroatoms. The zero-order valence-electron chi connectivity index (χ0n) is 13.9. The maximum atomic E-state index is 12.8. The van der Waals surface area contributed by atoms with Crippen LogP contribution in [0.3, 0.4) is 0 Å². The number of amides is 1. The maximum absolute atomic E-state index is 12.8. The van der Waals surface area contributed by atoms with E-state index in [1.165, 1.54) is 0 Å². The summed E-state index contributed by atoms with van der Waals surface area (Å²) < 4.78 is 10.7. The lowest BCUT2D eigenvalue weighted by Gasteiger charge is -2.35. The Labute approximate surface area is 130 Å². The molecule has 0 aromatic carbocycles. The molecule has 1 fully saturated rings. The predicted octanol–water partition coefficient (Wildman–Crippen LogP) is 2.06. The molecule has 1 saturated heterocycles. The van der Waals surface area contributed by atoms with Gasteiger partial charge >= 0.3 is 5.97 Å². The number of carbonyl (C=O) groups is 2. The molecule has 122 valence electrons. The molecule has 1 aromatic rings. The number of aromatic nitrogens is 1. The van der Waals surface area contributed by atoms with E-state index in [2.05, 4.69) is 4.98 Å². The van der Waals surface area contributed by atoms with Gasteiger partial charge in [0, 0.05) is 18.8 Å². The Bertz CT molecular complexity index is 569. The molecule has 0 radical (unpaired) electrons. The number of H-pyrrole nitrogens is 1. The third-order valence-corrected chi connectivity index (χ3v) is 3.84. The molecular weight excluding hydrogens is 284 g/mol. The molecule has 0 bridgehead atoms. The lowest BCUT2D eigenvalue weighted by Crippen LogP contribution is -2.48. The molecule has 0 unspecified atom stereocenters. The Morgan fingerprint density at radius 2 is 1.86 bits per heavy atom. The number of esters is 1. The van der Waals surface area contributed by atoms with Crippen LogP contribution in [-0.2, 0) is 9.47 Å². The van der Waals surface area contributed by atoms with Gasteiger partial charge in [0.1, 0.15) is 5.69 Å². The van der Waals surface area contributed by atoms with E-state index < -0.39 is 5.97 Å². The second kappa shape index (κ2) is 6.52. The molecule has 2 atom stereocenters. The van der Waals surface area contributed by atoms with E-state index >= 15 is 0 Å². The monoisotopic (exact) mass is 308 g/mol. The van der Waals surface area contributed by atoms with Crippen LogP contribution in [0.25, 0.3) is 0 Å². The topological polar surface area (TPSA) is 71.6 Å². The maximum Gasteiger partial charge on any atom is 0.355 e. The second-order valence-electron chi connectivity index (χ2n) is 5.81. The fourth-order valence-corrected chi connectivity index (χ4v) is 2.98. The lowest BCUT2D eigenvalue weighted by molar-refractivity contribution is -0.0586. The van der Waals surface area contributed by atoms with E-state index in [9.17, 15) is 9.59 Å². The fraction of sp³-hybridized carbons (Fsp3) is 0.625. The Morgan fingerprint density at radius 1 is 1.27 bits per heavy atom. The van der Waals surface area contributed by atoms with Crippen molar-refractivity contribution in [2.24, 2.45) is 0 Å². The summed E-state index contributed by atoms with van der Waals surface area (Å²) >= 11 is 0. The first kappa shape index (κ1) is 16.5. The minimum absolute atomic E-state index is 0.0109. The van der Waals surface area contributed by atoms with Crippen LogP contribution in [0.5, 0.6) is 0 Å². The van der Waals surface area contributed by atoms with E-state index in [0.29, 0.717) is 42.2 Å². The zero-order valence-corrected chi connectivity index (χ0v) is 13.9. The normalized spacial score (nSPS) is 21.8. The third kappa shape index (κ3) is 3.16. The van der Waals surface area contributed by atoms with Gasteiger partial charge in [-0.15, -0.1) is 0 Å². The number of hydrogen-bond donors (Lipinski definition) is 1. The Morgan fingerprint density at radius 3 is 2.41 bits per heavy atom. The standard InChI is InChI=1S/C16H24N2O4/c1-6-21-16(20)14-11(4)13(12(5)17-14)15(19)18-7-9(2)22-10(3)8-18/h9-10,17H,6-8H2,1-5H3/t9-,10-/m0/s1. The fourth-order valence-electron chi connectivity index (χ4n) is 2.98. The van der Waals surface area contributed by atoms with Crippen LogP contribution in [0.15, 0.2) is 0 Å². The number of hydrogen-bond acceptors (Lipinski definition) is 4. The minimum atomic E-state index is -0.425. The van der Waals surface area contributed by atoms with E-state index in [1.54, 1.807) is 25.7 Å². The second-order valence-corrected chi connectivity index (χ2v) is 5.81. The van der Waals surface area contributed by atoms with Gasteiger partial charge in [0.15, 0.2) is 0 Å². The average Bonchev–Trinajstić information content (AvgIpc) is 2.72. The predicted molar refractivity (Wildman–Crippen MR) is 82.1 cm³/mol. The van der Waals surface area contributed by atoms with Gasteiger partial charge in [0.25, 0.3) is 5.91 Å². The molecule has 1 N–H and O–H groups in total. The van der Waals surface area contributed by atoms with Crippen molar-refractivity contribution in [3.05, 3.63) is 22.5 Å². The van der Waals surface area contributed by atoms with Gasteiger partial charge in [0.2, 0.25) is 0 Å². The highest BCUT2D eigenvalue weighted by molar-refractivity contribution is 6.01. The van der Waals surface area contributed by atoms with E-state index in [0.717, 1.165) is 0 Å². The highest BCUT2D eigenvalue weighted by Gasteiger charge is 2.30. The van der Waals surface area contributed by atoms with Gasteiger partial charge in [-0.05, 0) is 40.2 Å². The van der Waals surface area contributed by atoms with Crippen molar-refractivity contribution < 1.29 is 19.1 Å². The van der Waals surface area contributed by atoms with Crippen LogP contribution in [-0.4, -0.2) is 53.7 Å². The van der Waals surface area contributed by atoms with Gasteiger partial charge in [-0.25, -0.2) is 4.79 Å². The summed E-state index contributed by atoms with van der Waals surface area (Å²) in [4.78, 5) is 29.5. The minimum Gasteiger partial charge on any atom is -0.461 e. The molecule has 0 saturated carbocycles. The summed E-state index contributed by atoms with van der Waals surface area (Å²) in [5.74, 6) is -0.491. The third-order valence-electron chi connectivity index (χ3n) is 3.84. The number of ether oxygens (including phenoxy) is 2. The number of carbonyl (C=O) groups excluding carboxylic acids is 2. The first-order chi connectivity index (χ1) is 10.3. The molecular formula is C16H24N2O4. The first-order valence-electron chi connectivity index (χ1n) is 7.66. The molecule has 0 aliphatic carbocycles. The van der Waals surface area contributed by atoms with Gasteiger partial charge in [-0.1, -0.05) is 0 Å². The Hall–Kier alpha value is -1.82. The van der Waals surface area contributed by atoms with Crippen LogP contribution in [0.1, 0.15) is 52.9 Å². The van der Waals surface area contributed by atoms with Crippen LogP contribution < -0.4 is 0 Å². The highest BCUT2D eigenvalue weighted by Crippen LogP contribution is 2.22. The van der Waals surface area contributed by atoms with Crippen molar-refractivity contribution in [2.45, 2.75) is 46.8 Å². The van der Waals surface area contributed by atoms with E-state index in [-0.39, 0.29) is 18.1 Å². The molecule has 0 spiro atoms. The number of aryl methyl sites for hydroxylation is 1. The van der Waals surface area contributed by atoms with Crippen LogP contribution in [0, 0.1) is 13.8 Å². The van der Waals surface area contributed by atoms with Crippen molar-refractivity contribution in [3.63, 3.8) is 0 Å². The van der Waals surface area contributed by atoms with Crippen molar-refractivity contribution >= 4 is 11.9 Å². The first-order valence-corrected chi connectivity index (χ1v) is 7.66. The van der Waals surface area contributed by atoms with E-state index in [4.69, 9.17) is 9.47 Å². The number of rotatable bonds is 3. The van der Waals surface area contributed by atoms with E-state index in [1.807, 2.05) is 13.8 Å². The molecule has 1 aliphatic rings. The van der Waals surface area contributed by atoms with Crippen LogP contribution >= 0.6 is 0 Å². The quantitative estimate of drug-likeness (QED) is 0.868. The Balaban J connectivity index is 2.28. The van der Waals surface area contributed by atoms with Gasteiger partial charge in [-0.3, -0.25) is 4.79 Å². The van der Waals surface area contributed by atoms with Crippen molar-refractivity contribution in [1.29, 1.82) is 0 Å². The van der Waals surface area contributed by atoms with Gasteiger partial charge in [-0.2, -0.15) is 0 Å². The molecule has 1 aliphatic heterocycles. The molecule has 2 heterocycles. The molecule has 22 heavy (non-hydrogen) atoms. The molecule has 1 aromatic heterocycles. The smallest absolute Gasteiger partial charge is 0.355 e. The summed E-state index contributed by atoms with van der Waals surface area (Å²) in [6.45, 7) is 10.7. The summed E-state index contributed by atoms with van der Waals surface area (Å²) in [5.41, 5.74) is 2.26. The summed E-state index contributed by atoms with van der Waals surface area (Å²) in [6.07, 6.45) is 0.0218. The molecule has 1 amide bonds. The number of nitrogens with one attached hydrogen (secondary N) is 1. The van der Waals surface area contributed by atoms with Crippen molar-refractivity contribution in [1.82, 2.24) is 9.88 Å². The van der Waals surface area contributed by atoms with Gasteiger partial charge < -0.3 is 19.4 Å². The van der Waals surface area contributed by atoms with Crippen LogP contribution in [0.2, 0.25) is 0 Å².